The van der Waals surface area contributed by atoms with Gasteiger partial charge in [-0.1, -0.05) is 87.1 Å². The van der Waals surface area contributed by atoms with Gasteiger partial charge in [0.2, 0.25) is 5.91 Å². The van der Waals surface area contributed by atoms with Gasteiger partial charge in [-0.15, -0.1) is 10.2 Å². The standard InChI is InChI=1S/C25H30N4O3S2/c1-25(2,3)20-11-9-19(10-12-20)23-27-28-24(29(23)15-18-7-5-4-6-8-18)33-16-22(30)26-21-13-14-34(31,32)17-21/h4-12,21H,13-17H2,1-3H3,(H,26,30). The minimum atomic E-state index is -3.04. The number of carbonyl (C=O) groups is 1. The number of carbonyl (C=O) groups excluding carboxylic acids is 1. The second-order valence-electron chi connectivity index (χ2n) is 9.66. The number of hydrogen-bond donors (Lipinski definition) is 1. The van der Waals surface area contributed by atoms with Crippen LogP contribution in [0.3, 0.4) is 0 Å². The van der Waals surface area contributed by atoms with Crippen LogP contribution in [-0.4, -0.2) is 52.4 Å². The first-order valence-electron chi connectivity index (χ1n) is 11.3. The Bertz CT molecular complexity index is 1250. The molecular weight excluding hydrogens is 468 g/mol. The van der Waals surface area contributed by atoms with Crippen molar-refractivity contribution in [1.82, 2.24) is 20.1 Å². The molecule has 1 unspecified atom stereocenters. The highest BCUT2D eigenvalue weighted by Crippen LogP contribution is 2.28. The lowest BCUT2D eigenvalue weighted by Gasteiger charge is -2.19. The molecule has 1 N–H and O–H groups in total. The van der Waals surface area contributed by atoms with Gasteiger partial charge in [0.15, 0.2) is 20.8 Å². The molecule has 4 rings (SSSR count). The molecule has 7 nitrogen and oxygen atoms in total. The van der Waals surface area contributed by atoms with E-state index in [9.17, 15) is 13.2 Å². The third-order valence-electron chi connectivity index (χ3n) is 5.84. The number of benzene rings is 2. The minimum absolute atomic E-state index is 0.0162. The molecule has 1 aliphatic heterocycles. The number of thioether (sulfide) groups is 1. The highest BCUT2D eigenvalue weighted by molar-refractivity contribution is 7.99. The summed E-state index contributed by atoms with van der Waals surface area (Å²) < 4.78 is 25.3. The van der Waals surface area contributed by atoms with Crippen molar-refractivity contribution >= 4 is 27.5 Å². The van der Waals surface area contributed by atoms with Crippen LogP contribution in [0.4, 0.5) is 0 Å². The zero-order chi connectivity index (χ0) is 24.3. The van der Waals surface area contributed by atoms with Gasteiger partial charge in [0.25, 0.3) is 0 Å². The Hall–Kier alpha value is -2.65. The van der Waals surface area contributed by atoms with Crippen molar-refractivity contribution in [2.75, 3.05) is 17.3 Å². The fourth-order valence-corrected chi connectivity index (χ4v) is 6.37. The first-order chi connectivity index (χ1) is 16.1. The SMILES string of the molecule is CC(C)(C)c1ccc(-c2nnc(SCC(=O)NC3CCS(=O)(=O)C3)n2Cc2ccccc2)cc1. The quantitative estimate of drug-likeness (QED) is 0.500. The summed E-state index contributed by atoms with van der Waals surface area (Å²) in [5, 5.41) is 12.3. The molecule has 0 aliphatic carbocycles. The van der Waals surface area contributed by atoms with Gasteiger partial charge in [0.05, 0.1) is 23.8 Å². The molecular formula is C25H30N4O3S2. The Morgan fingerprint density at radius 1 is 1.09 bits per heavy atom. The van der Waals surface area contributed by atoms with Crippen LogP contribution in [0.1, 0.15) is 38.3 Å². The molecule has 0 saturated carbocycles. The average Bonchev–Trinajstić information content (AvgIpc) is 3.34. The van der Waals surface area contributed by atoms with Crippen LogP contribution in [0, 0.1) is 0 Å². The van der Waals surface area contributed by atoms with E-state index in [1.54, 1.807) is 0 Å². The van der Waals surface area contributed by atoms with E-state index in [4.69, 9.17) is 0 Å². The maximum absolute atomic E-state index is 12.5. The van der Waals surface area contributed by atoms with Crippen molar-refractivity contribution in [2.24, 2.45) is 0 Å². The molecule has 180 valence electrons. The van der Waals surface area contributed by atoms with Crippen molar-refractivity contribution in [3.05, 3.63) is 65.7 Å². The van der Waals surface area contributed by atoms with Gasteiger partial charge in [-0.05, 0) is 23.0 Å². The molecule has 1 fully saturated rings. The molecule has 1 amide bonds. The third-order valence-corrected chi connectivity index (χ3v) is 8.57. The molecule has 1 atom stereocenters. The molecule has 2 aromatic carbocycles. The maximum Gasteiger partial charge on any atom is 0.230 e. The van der Waals surface area contributed by atoms with Crippen molar-refractivity contribution in [3.8, 4) is 11.4 Å². The van der Waals surface area contributed by atoms with E-state index in [2.05, 4.69) is 60.6 Å². The molecule has 2 heterocycles. The number of sulfone groups is 1. The highest BCUT2D eigenvalue weighted by Gasteiger charge is 2.29. The minimum Gasteiger partial charge on any atom is -0.352 e. The maximum atomic E-state index is 12.5. The molecule has 1 saturated heterocycles. The molecule has 34 heavy (non-hydrogen) atoms. The van der Waals surface area contributed by atoms with E-state index in [0.717, 1.165) is 17.0 Å². The number of hydrogen-bond acceptors (Lipinski definition) is 6. The summed E-state index contributed by atoms with van der Waals surface area (Å²) in [7, 11) is -3.04. The van der Waals surface area contributed by atoms with Crippen LogP contribution in [0.15, 0.2) is 59.8 Å². The Morgan fingerprint density at radius 2 is 1.79 bits per heavy atom. The number of nitrogens with one attached hydrogen (secondary N) is 1. The summed E-state index contributed by atoms with van der Waals surface area (Å²) in [6, 6.07) is 18.1. The van der Waals surface area contributed by atoms with Gasteiger partial charge >= 0.3 is 0 Å². The summed E-state index contributed by atoms with van der Waals surface area (Å²) in [6.07, 6.45) is 0.470. The van der Waals surface area contributed by atoms with E-state index >= 15 is 0 Å². The average molecular weight is 499 g/mol. The zero-order valence-corrected chi connectivity index (χ0v) is 21.3. The lowest BCUT2D eigenvalue weighted by Crippen LogP contribution is -2.36. The van der Waals surface area contributed by atoms with Crippen LogP contribution in [-0.2, 0) is 26.6 Å². The molecule has 1 aromatic heterocycles. The van der Waals surface area contributed by atoms with Gasteiger partial charge in [0.1, 0.15) is 0 Å². The van der Waals surface area contributed by atoms with Crippen molar-refractivity contribution in [1.29, 1.82) is 0 Å². The molecule has 0 spiro atoms. The second-order valence-corrected chi connectivity index (χ2v) is 12.8. The van der Waals surface area contributed by atoms with Gasteiger partial charge < -0.3 is 5.32 Å². The number of aromatic nitrogens is 3. The van der Waals surface area contributed by atoms with Crippen molar-refractivity contribution in [2.45, 2.75) is 50.4 Å². The monoisotopic (exact) mass is 498 g/mol. The third kappa shape index (κ3) is 6.07. The van der Waals surface area contributed by atoms with Gasteiger partial charge in [0, 0.05) is 11.6 Å². The summed E-state index contributed by atoms with van der Waals surface area (Å²) in [6.45, 7) is 7.12. The van der Waals surface area contributed by atoms with E-state index in [-0.39, 0.29) is 34.6 Å². The topological polar surface area (TPSA) is 94.0 Å². The number of rotatable bonds is 7. The van der Waals surface area contributed by atoms with Crippen LogP contribution >= 0.6 is 11.8 Å². The molecule has 9 heteroatoms. The van der Waals surface area contributed by atoms with E-state index in [1.165, 1.54) is 17.3 Å². The van der Waals surface area contributed by atoms with E-state index in [1.807, 2.05) is 34.9 Å². The van der Waals surface area contributed by atoms with Crippen LogP contribution < -0.4 is 5.32 Å². The molecule has 0 bridgehead atoms. The largest absolute Gasteiger partial charge is 0.352 e. The van der Waals surface area contributed by atoms with Crippen molar-refractivity contribution in [3.63, 3.8) is 0 Å². The Kier molecular flexibility index (Phi) is 7.14. The van der Waals surface area contributed by atoms with E-state index < -0.39 is 9.84 Å². The van der Waals surface area contributed by atoms with Crippen molar-refractivity contribution < 1.29 is 13.2 Å². The Balaban J connectivity index is 1.53. The lowest BCUT2D eigenvalue weighted by atomic mass is 9.87. The highest BCUT2D eigenvalue weighted by atomic mass is 32.2. The van der Waals surface area contributed by atoms with Crippen LogP contribution in [0.25, 0.3) is 11.4 Å². The zero-order valence-electron chi connectivity index (χ0n) is 19.7. The van der Waals surface area contributed by atoms with Crippen LogP contribution in [0.2, 0.25) is 0 Å². The first-order valence-corrected chi connectivity index (χ1v) is 14.1. The second kappa shape index (κ2) is 9.92. The fraction of sp³-hybridized carbons (Fsp3) is 0.400. The Morgan fingerprint density at radius 3 is 2.41 bits per heavy atom. The number of amides is 1. The first kappa shape index (κ1) is 24.5. The lowest BCUT2D eigenvalue weighted by molar-refractivity contribution is -0.119. The predicted molar refractivity (Wildman–Crippen MR) is 136 cm³/mol. The van der Waals surface area contributed by atoms with Gasteiger partial charge in [-0.2, -0.15) is 0 Å². The summed E-state index contributed by atoms with van der Waals surface area (Å²) in [5.41, 5.74) is 3.37. The van der Waals surface area contributed by atoms with Gasteiger partial charge in [-0.3, -0.25) is 9.36 Å². The smallest absolute Gasteiger partial charge is 0.230 e. The van der Waals surface area contributed by atoms with E-state index in [0.29, 0.717) is 18.1 Å². The Labute approximate surface area is 205 Å². The fourth-order valence-electron chi connectivity index (χ4n) is 3.95. The molecule has 0 radical (unpaired) electrons. The molecule has 3 aromatic rings. The summed E-state index contributed by atoms with van der Waals surface area (Å²) in [5.74, 6) is 0.842. The summed E-state index contributed by atoms with van der Waals surface area (Å²) in [4.78, 5) is 12.5. The van der Waals surface area contributed by atoms with Crippen LogP contribution in [0.5, 0.6) is 0 Å². The number of nitrogens with zero attached hydrogens (tertiary/aromatic N) is 3. The normalized spacial score (nSPS) is 17.6. The predicted octanol–water partition coefficient (Wildman–Crippen LogP) is 3.69. The molecule has 1 aliphatic rings. The van der Waals surface area contributed by atoms with Gasteiger partial charge in [-0.25, -0.2) is 8.42 Å². The summed E-state index contributed by atoms with van der Waals surface area (Å²) >= 11 is 1.31.